The minimum absolute atomic E-state index is 0.0532. The predicted molar refractivity (Wildman–Crippen MR) is 150 cm³/mol. The van der Waals surface area contributed by atoms with Gasteiger partial charge in [-0.15, -0.1) is 0 Å². The van der Waals surface area contributed by atoms with E-state index in [1.165, 1.54) is 57.5 Å². The summed E-state index contributed by atoms with van der Waals surface area (Å²) in [7, 11) is -1.20. The van der Waals surface area contributed by atoms with E-state index in [2.05, 4.69) is 5.32 Å². The number of imide groups is 1. The maximum Gasteiger partial charge on any atom is 0.252 e. The highest BCUT2D eigenvalue weighted by atomic mass is 35.5. The van der Waals surface area contributed by atoms with Gasteiger partial charge in [0.2, 0.25) is 21.8 Å². The Hall–Kier alpha value is -3.93. The number of anilines is 2. The van der Waals surface area contributed by atoms with Crippen molar-refractivity contribution in [2.45, 2.75) is 30.7 Å². The molecule has 0 spiro atoms. The molecule has 1 unspecified atom stereocenters. The minimum atomic E-state index is -4.21. The molecule has 12 heteroatoms. The number of nitrogens with one attached hydrogen (secondary N) is 1. The number of methoxy groups -OCH3 is 2. The molecule has 1 saturated heterocycles. The van der Waals surface area contributed by atoms with Crippen LogP contribution in [0.3, 0.4) is 0 Å². The molecular weight excluding hydrogens is 558 g/mol. The number of hydrogen-bond acceptors (Lipinski definition) is 7. The van der Waals surface area contributed by atoms with Gasteiger partial charge in [0.15, 0.2) is 11.5 Å². The van der Waals surface area contributed by atoms with Crippen LogP contribution in [0.25, 0.3) is 0 Å². The van der Waals surface area contributed by atoms with Gasteiger partial charge in [0.25, 0.3) is 5.91 Å². The fourth-order valence-corrected chi connectivity index (χ4v) is 6.18. The molecule has 1 heterocycles. The zero-order valence-corrected chi connectivity index (χ0v) is 23.7. The van der Waals surface area contributed by atoms with Gasteiger partial charge >= 0.3 is 0 Å². The van der Waals surface area contributed by atoms with Crippen molar-refractivity contribution in [1.82, 2.24) is 4.31 Å². The number of nitrogens with zero attached hydrogens (tertiary/aromatic N) is 2. The van der Waals surface area contributed by atoms with Gasteiger partial charge in [-0.25, -0.2) is 13.3 Å². The Morgan fingerprint density at radius 3 is 2.25 bits per heavy atom. The molecule has 10 nitrogen and oxygen atoms in total. The first-order chi connectivity index (χ1) is 19.0. The van der Waals surface area contributed by atoms with Crippen molar-refractivity contribution >= 4 is 50.7 Å². The van der Waals surface area contributed by atoms with Crippen LogP contribution in [0.15, 0.2) is 71.6 Å². The molecule has 3 aromatic rings. The SMILES string of the molecule is COc1ccc(CCN(C2CC(=O)N(c3ccc(NC(C)=O)cc3)C2=O)S(=O)(=O)c2ccc(Cl)cc2)cc1OC. The van der Waals surface area contributed by atoms with Gasteiger partial charge in [-0.3, -0.25) is 14.4 Å². The van der Waals surface area contributed by atoms with Gasteiger partial charge in [0.1, 0.15) is 6.04 Å². The molecule has 1 fully saturated rings. The molecule has 1 aliphatic heterocycles. The van der Waals surface area contributed by atoms with Crippen molar-refractivity contribution in [2.24, 2.45) is 0 Å². The second-order valence-electron chi connectivity index (χ2n) is 9.02. The summed E-state index contributed by atoms with van der Waals surface area (Å²) in [6, 6.07) is 15.7. The Kier molecular flexibility index (Phi) is 8.77. The monoisotopic (exact) mass is 585 g/mol. The van der Waals surface area contributed by atoms with E-state index in [0.29, 0.717) is 22.2 Å². The summed E-state index contributed by atoms with van der Waals surface area (Å²) in [5.74, 6) is -0.466. The van der Waals surface area contributed by atoms with Gasteiger partial charge in [-0.1, -0.05) is 17.7 Å². The number of rotatable bonds is 10. The Morgan fingerprint density at radius 2 is 1.65 bits per heavy atom. The first kappa shape index (κ1) is 29.1. The highest BCUT2D eigenvalue weighted by Gasteiger charge is 2.46. The number of amides is 3. The van der Waals surface area contributed by atoms with Crippen LogP contribution >= 0.6 is 11.6 Å². The van der Waals surface area contributed by atoms with Crippen LogP contribution in [0, 0.1) is 0 Å². The van der Waals surface area contributed by atoms with E-state index in [1.807, 2.05) is 0 Å². The molecule has 3 aromatic carbocycles. The number of hydrogen-bond donors (Lipinski definition) is 1. The maximum atomic E-state index is 13.8. The number of sulfonamides is 1. The van der Waals surface area contributed by atoms with E-state index in [4.69, 9.17) is 21.1 Å². The summed E-state index contributed by atoms with van der Waals surface area (Å²) >= 11 is 5.97. The van der Waals surface area contributed by atoms with Crippen LogP contribution in [-0.4, -0.2) is 57.3 Å². The van der Waals surface area contributed by atoms with Gasteiger partial charge in [-0.05, 0) is 72.6 Å². The average Bonchev–Trinajstić information content (AvgIpc) is 3.22. The number of halogens is 1. The van der Waals surface area contributed by atoms with Crippen molar-refractivity contribution in [2.75, 3.05) is 31.0 Å². The molecule has 1 atom stereocenters. The molecule has 40 heavy (non-hydrogen) atoms. The third-order valence-electron chi connectivity index (χ3n) is 6.41. The Bertz CT molecular complexity index is 1530. The lowest BCUT2D eigenvalue weighted by Crippen LogP contribution is -2.46. The van der Waals surface area contributed by atoms with Gasteiger partial charge < -0.3 is 14.8 Å². The van der Waals surface area contributed by atoms with Crippen molar-refractivity contribution in [3.8, 4) is 11.5 Å². The summed E-state index contributed by atoms with van der Waals surface area (Å²) in [4.78, 5) is 38.9. The topological polar surface area (TPSA) is 122 Å². The molecule has 0 radical (unpaired) electrons. The molecule has 0 bridgehead atoms. The van der Waals surface area contributed by atoms with E-state index >= 15 is 0 Å². The average molecular weight is 586 g/mol. The van der Waals surface area contributed by atoms with Crippen LogP contribution < -0.4 is 19.7 Å². The number of carbonyl (C=O) groups is 3. The maximum absolute atomic E-state index is 13.8. The Morgan fingerprint density at radius 1 is 1.00 bits per heavy atom. The fourth-order valence-electron chi connectivity index (χ4n) is 4.47. The second-order valence-corrected chi connectivity index (χ2v) is 11.4. The highest BCUT2D eigenvalue weighted by Crippen LogP contribution is 2.32. The second kappa shape index (κ2) is 12.1. The summed E-state index contributed by atoms with van der Waals surface area (Å²) in [6.07, 6.45) is -0.0956. The molecule has 4 rings (SSSR count). The lowest BCUT2D eigenvalue weighted by atomic mass is 10.1. The van der Waals surface area contributed by atoms with Crippen LogP contribution in [0.2, 0.25) is 5.02 Å². The van der Waals surface area contributed by atoms with E-state index in [9.17, 15) is 22.8 Å². The number of carbonyl (C=O) groups excluding carboxylic acids is 3. The standard InChI is InChI=1S/C28H28ClN3O7S/c1-18(33)30-21-7-9-22(10-8-21)32-27(34)17-24(28(32)35)31(40(36,37)23-11-5-20(29)6-12-23)15-14-19-4-13-25(38-2)26(16-19)39-3/h4-13,16,24H,14-15,17H2,1-3H3,(H,30,33). The molecule has 0 saturated carbocycles. The highest BCUT2D eigenvalue weighted by molar-refractivity contribution is 7.89. The predicted octanol–water partition coefficient (Wildman–Crippen LogP) is 3.88. The van der Waals surface area contributed by atoms with E-state index in [1.54, 1.807) is 30.3 Å². The van der Waals surface area contributed by atoms with E-state index < -0.39 is 27.9 Å². The minimum Gasteiger partial charge on any atom is -0.493 e. The smallest absolute Gasteiger partial charge is 0.252 e. The lowest BCUT2D eigenvalue weighted by molar-refractivity contribution is -0.122. The molecule has 0 aromatic heterocycles. The molecular formula is C28H28ClN3O7S. The van der Waals surface area contributed by atoms with Crippen LogP contribution in [0.1, 0.15) is 18.9 Å². The first-order valence-electron chi connectivity index (χ1n) is 12.3. The van der Waals surface area contributed by atoms with Crippen LogP contribution in [-0.2, 0) is 30.8 Å². The molecule has 1 aliphatic rings. The zero-order valence-electron chi connectivity index (χ0n) is 22.1. The Labute approximate surface area is 237 Å². The van der Waals surface area contributed by atoms with E-state index in [0.717, 1.165) is 14.8 Å². The third-order valence-corrected chi connectivity index (χ3v) is 8.58. The molecule has 210 valence electrons. The van der Waals surface area contributed by atoms with Crippen LogP contribution in [0.4, 0.5) is 11.4 Å². The lowest BCUT2D eigenvalue weighted by Gasteiger charge is -2.27. The summed E-state index contributed by atoms with van der Waals surface area (Å²) in [6.45, 7) is 1.28. The van der Waals surface area contributed by atoms with Crippen molar-refractivity contribution < 1.29 is 32.3 Å². The van der Waals surface area contributed by atoms with E-state index in [-0.39, 0.29) is 35.9 Å². The van der Waals surface area contributed by atoms with Crippen molar-refractivity contribution in [3.63, 3.8) is 0 Å². The third kappa shape index (κ3) is 6.11. The number of benzene rings is 3. The van der Waals surface area contributed by atoms with Gasteiger partial charge in [0.05, 0.1) is 31.2 Å². The van der Waals surface area contributed by atoms with Gasteiger partial charge in [0, 0.05) is 24.2 Å². The largest absolute Gasteiger partial charge is 0.493 e. The van der Waals surface area contributed by atoms with Crippen LogP contribution in [0.5, 0.6) is 11.5 Å². The summed E-state index contributed by atoms with van der Waals surface area (Å²) in [5, 5.41) is 2.98. The summed E-state index contributed by atoms with van der Waals surface area (Å²) in [5.41, 5.74) is 1.51. The molecule has 0 aliphatic carbocycles. The summed E-state index contributed by atoms with van der Waals surface area (Å²) < 4.78 is 39.4. The normalized spacial score (nSPS) is 15.4. The van der Waals surface area contributed by atoms with Crippen molar-refractivity contribution in [1.29, 1.82) is 0 Å². The van der Waals surface area contributed by atoms with Gasteiger partial charge in [-0.2, -0.15) is 4.31 Å². The quantitative estimate of drug-likeness (QED) is 0.358. The Balaban J connectivity index is 1.66. The molecule has 3 amide bonds. The number of ether oxygens (including phenoxy) is 2. The van der Waals surface area contributed by atoms with Crippen molar-refractivity contribution in [3.05, 3.63) is 77.3 Å². The fraction of sp³-hybridized carbons (Fsp3) is 0.250. The zero-order chi connectivity index (χ0) is 29.0. The molecule has 1 N–H and O–H groups in total. The first-order valence-corrected chi connectivity index (χ1v) is 14.1.